The topological polar surface area (TPSA) is 92.4 Å². The fourth-order valence-corrected chi connectivity index (χ4v) is 3.01. The normalized spacial score (nSPS) is 10.7. The van der Waals surface area contributed by atoms with Crippen molar-refractivity contribution >= 4 is 17.7 Å². The molecular formula is C20H25N3O4. The minimum atomic E-state index is -0.526. The van der Waals surface area contributed by atoms with Crippen LogP contribution in [0.3, 0.4) is 0 Å². The van der Waals surface area contributed by atoms with Gasteiger partial charge in [0, 0.05) is 36.1 Å². The summed E-state index contributed by atoms with van der Waals surface area (Å²) in [6, 6.07) is 3.63. The fourth-order valence-electron chi connectivity index (χ4n) is 3.01. The Morgan fingerprint density at radius 1 is 1.19 bits per heavy atom. The second kappa shape index (κ2) is 8.62. The maximum absolute atomic E-state index is 13.0. The summed E-state index contributed by atoms with van der Waals surface area (Å²) in [4.78, 5) is 45.8. The smallest absolute Gasteiger partial charge is 0.354 e. The van der Waals surface area contributed by atoms with Gasteiger partial charge in [-0.25, -0.2) is 4.79 Å². The van der Waals surface area contributed by atoms with Crippen molar-refractivity contribution in [3.05, 3.63) is 52.6 Å². The van der Waals surface area contributed by atoms with Crippen LogP contribution in [0.2, 0.25) is 0 Å². The Morgan fingerprint density at radius 3 is 2.37 bits per heavy atom. The first-order valence-electron chi connectivity index (χ1n) is 8.74. The van der Waals surface area contributed by atoms with Crippen molar-refractivity contribution in [2.45, 2.75) is 34.2 Å². The number of hydrogen-bond donors (Lipinski definition) is 1. The number of aromatic nitrogens is 2. The van der Waals surface area contributed by atoms with Crippen LogP contribution in [-0.4, -0.2) is 46.2 Å². The molecule has 7 nitrogen and oxygen atoms in total. The Kier molecular flexibility index (Phi) is 6.50. The molecule has 0 aromatic carbocycles. The lowest BCUT2D eigenvalue weighted by atomic mass is 10.0. The molecule has 2 aromatic heterocycles. The summed E-state index contributed by atoms with van der Waals surface area (Å²) in [7, 11) is 1.29. The van der Waals surface area contributed by atoms with Gasteiger partial charge in [-0.05, 0) is 37.1 Å². The van der Waals surface area contributed by atoms with Gasteiger partial charge in [-0.3, -0.25) is 14.6 Å². The first-order valence-corrected chi connectivity index (χ1v) is 8.74. The van der Waals surface area contributed by atoms with Crippen molar-refractivity contribution in [3.63, 3.8) is 0 Å². The molecule has 0 radical (unpaired) electrons. The fraction of sp³-hybridized carbons (Fsp3) is 0.400. The summed E-state index contributed by atoms with van der Waals surface area (Å²) in [6.45, 7) is 7.27. The number of H-pyrrole nitrogens is 1. The number of carbonyl (C=O) groups is 3. The van der Waals surface area contributed by atoms with Gasteiger partial charge in [0.05, 0.1) is 13.7 Å². The number of ether oxygens (including phenoxy) is 1. The minimum absolute atomic E-state index is 0.0700. The van der Waals surface area contributed by atoms with Crippen molar-refractivity contribution in [1.29, 1.82) is 0 Å². The summed E-state index contributed by atoms with van der Waals surface area (Å²) in [5.41, 5.74) is 2.69. The van der Waals surface area contributed by atoms with Crippen LogP contribution in [0.5, 0.6) is 0 Å². The van der Waals surface area contributed by atoms with Crippen LogP contribution in [0.4, 0.5) is 0 Å². The monoisotopic (exact) mass is 371 g/mol. The van der Waals surface area contributed by atoms with E-state index >= 15 is 0 Å². The van der Waals surface area contributed by atoms with E-state index in [2.05, 4.69) is 9.97 Å². The Labute approximate surface area is 158 Å². The van der Waals surface area contributed by atoms with E-state index in [1.54, 1.807) is 40.1 Å². The zero-order valence-electron chi connectivity index (χ0n) is 16.3. The predicted octanol–water partition coefficient (Wildman–Crippen LogP) is 2.68. The van der Waals surface area contributed by atoms with E-state index in [-0.39, 0.29) is 29.8 Å². The van der Waals surface area contributed by atoms with Gasteiger partial charge in [0.25, 0.3) is 0 Å². The molecule has 144 valence electrons. The molecule has 0 aliphatic carbocycles. The van der Waals surface area contributed by atoms with Crippen LogP contribution in [0, 0.1) is 19.8 Å². The Balaban J connectivity index is 2.29. The Bertz CT molecular complexity index is 840. The lowest BCUT2D eigenvalue weighted by molar-refractivity contribution is -0.134. The number of aryl methyl sites for hydroxylation is 1. The molecule has 0 bridgehead atoms. The summed E-state index contributed by atoms with van der Waals surface area (Å²) >= 11 is 0. The van der Waals surface area contributed by atoms with Crippen molar-refractivity contribution in [1.82, 2.24) is 14.9 Å². The average Bonchev–Trinajstić information content (AvgIpc) is 2.94. The molecule has 2 heterocycles. The maximum atomic E-state index is 13.0. The molecule has 2 rings (SSSR count). The number of methoxy groups -OCH3 is 1. The lowest BCUT2D eigenvalue weighted by Gasteiger charge is -2.24. The lowest BCUT2D eigenvalue weighted by Crippen LogP contribution is -2.38. The van der Waals surface area contributed by atoms with E-state index in [4.69, 9.17) is 4.74 Å². The predicted molar refractivity (Wildman–Crippen MR) is 100 cm³/mol. The van der Waals surface area contributed by atoms with Crippen LogP contribution >= 0.6 is 0 Å². The molecule has 0 aliphatic heterocycles. The van der Waals surface area contributed by atoms with Crippen molar-refractivity contribution in [2.75, 3.05) is 13.7 Å². The van der Waals surface area contributed by atoms with Crippen molar-refractivity contribution in [2.24, 2.45) is 5.92 Å². The third-order valence-electron chi connectivity index (χ3n) is 4.37. The number of hydrogen-bond acceptors (Lipinski definition) is 5. The first-order chi connectivity index (χ1) is 12.8. The SMILES string of the molecule is COC(=O)c1[nH]c(C)c(C(=O)CN(Cc2ccncc2)C(=O)C(C)C)c1C. The van der Waals surface area contributed by atoms with Gasteiger partial charge in [0.15, 0.2) is 5.78 Å². The first kappa shape index (κ1) is 20.4. The summed E-state index contributed by atoms with van der Waals surface area (Å²) in [5, 5.41) is 0. The number of Topliss-reactive ketones (excluding diaryl/α,β-unsaturated/α-hetero) is 1. The molecule has 1 amide bonds. The van der Waals surface area contributed by atoms with Crippen molar-refractivity contribution < 1.29 is 19.1 Å². The average molecular weight is 371 g/mol. The molecule has 0 saturated carbocycles. The number of rotatable bonds is 7. The third-order valence-corrected chi connectivity index (χ3v) is 4.37. The highest BCUT2D eigenvalue weighted by molar-refractivity contribution is 6.04. The molecule has 0 aliphatic rings. The molecular weight excluding hydrogens is 346 g/mol. The van der Waals surface area contributed by atoms with Crippen LogP contribution < -0.4 is 0 Å². The van der Waals surface area contributed by atoms with Gasteiger partial charge >= 0.3 is 5.97 Å². The van der Waals surface area contributed by atoms with E-state index in [1.165, 1.54) is 12.0 Å². The summed E-state index contributed by atoms with van der Waals surface area (Å²) in [6.07, 6.45) is 3.30. The van der Waals surface area contributed by atoms with Crippen LogP contribution in [-0.2, 0) is 16.1 Å². The molecule has 7 heteroatoms. The van der Waals surface area contributed by atoms with Gasteiger partial charge in [-0.2, -0.15) is 0 Å². The number of aromatic amines is 1. The molecule has 0 unspecified atom stereocenters. The number of pyridine rings is 1. The summed E-state index contributed by atoms with van der Waals surface area (Å²) < 4.78 is 4.74. The van der Waals surface area contributed by atoms with Gasteiger partial charge in [-0.1, -0.05) is 13.8 Å². The number of nitrogens with zero attached hydrogens (tertiary/aromatic N) is 2. The maximum Gasteiger partial charge on any atom is 0.354 e. The van der Waals surface area contributed by atoms with Gasteiger partial charge in [0.2, 0.25) is 5.91 Å². The third kappa shape index (κ3) is 4.61. The number of esters is 1. The zero-order valence-corrected chi connectivity index (χ0v) is 16.3. The second-order valence-corrected chi connectivity index (χ2v) is 6.74. The molecule has 0 spiro atoms. The molecule has 2 aromatic rings. The highest BCUT2D eigenvalue weighted by Gasteiger charge is 2.26. The number of amides is 1. The Morgan fingerprint density at radius 2 is 1.81 bits per heavy atom. The van der Waals surface area contributed by atoms with Gasteiger partial charge in [-0.15, -0.1) is 0 Å². The minimum Gasteiger partial charge on any atom is -0.464 e. The van der Waals surface area contributed by atoms with E-state index < -0.39 is 5.97 Å². The van der Waals surface area contributed by atoms with E-state index in [0.29, 0.717) is 23.4 Å². The zero-order chi connectivity index (χ0) is 20.1. The largest absolute Gasteiger partial charge is 0.464 e. The summed E-state index contributed by atoms with van der Waals surface area (Å²) in [5.74, 6) is -1.10. The number of carbonyl (C=O) groups excluding carboxylic acids is 3. The highest BCUT2D eigenvalue weighted by atomic mass is 16.5. The van der Waals surface area contributed by atoms with Gasteiger partial charge < -0.3 is 14.6 Å². The highest BCUT2D eigenvalue weighted by Crippen LogP contribution is 2.20. The standard InChI is InChI=1S/C20H25N3O4/c1-12(2)19(25)23(10-15-6-8-21-9-7-15)11-16(24)17-13(3)18(20(26)27-5)22-14(17)4/h6-9,12,22H,10-11H2,1-5H3. The molecule has 0 atom stereocenters. The molecule has 27 heavy (non-hydrogen) atoms. The quantitative estimate of drug-likeness (QED) is 0.597. The molecule has 0 fully saturated rings. The van der Waals surface area contributed by atoms with Crippen LogP contribution in [0.15, 0.2) is 24.5 Å². The van der Waals surface area contributed by atoms with Gasteiger partial charge in [0.1, 0.15) is 5.69 Å². The second-order valence-electron chi connectivity index (χ2n) is 6.74. The number of nitrogens with one attached hydrogen (secondary N) is 1. The van der Waals surface area contributed by atoms with Crippen molar-refractivity contribution in [3.8, 4) is 0 Å². The van der Waals surface area contributed by atoms with E-state index in [9.17, 15) is 14.4 Å². The van der Waals surface area contributed by atoms with Crippen LogP contribution in [0.1, 0.15) is 51.5 Å². The molecule has 1 N–H and O–H groups in total. The van der Waals surface area contributed by atoms with E-state index in [1.807, 2.05) is 12.1 Å². The van der Waals surface area contributed by atoms with Crippen LogP contribution in [0.25, 0.3) is 0 Å². The molecule has 0 saturated heterocycles. The number of ketones is 1. The Hall–Kier alpha value is -2.96. The van der Waals surface area contributed by atoms with E-state index in [0.717, 1.165) is 5.56 Å².